The zero-order valence-corrected chi connectivity index (χ0v) is 13.9. The van der Waals surface area contributed by atoms with Crippen molar-refractivity contribution in [2.75, 3.05) is 19.6 Å². The fourth-order valence-corrected chi connectivity index (χ4v) is 3.96. The number of rotatable bonds is 4. The number of nitrogens with zero attached hydrogens (tertiary/aromatic N) is 1. The van der Waals surface area contributed by atoms with E-state index in [1.807, 2.05) is 12.3 Å². The van der Waals surface area contributed by atoms with Crippen LogP contribution in [0.25, 0.3) is 10.9 Å². The molecule has 1 unspecified atom stereocenters. The van der Waals surface area contributed by atoms with Crippen molar-refractivity contribution in [1.29, 1.82) is 0 Å². The normalized spacial score (nSPS) is 22.0. The number of hydrogen-bond acceptors (Lipinski definition) is 2. The maximum atomic E-state index is 11.4. The van der Waals surface area contributed by atoms with Gasteiger partial charge in [0.05, 0.1) is 0 Å². The SMILES string of the molecule is OC1(c2cccc3[nH]ccc23)CCCN(CCc2ccccc2)C1. The lowest BCUT2D eigenvalue weighted by Crippen LogP contribution is -2.46. The average molecular weight is 320 g/mol. The second-order valence-electron chi connectivity index (χ2n) is 6.89. The van der Waals surface area contributed by atoms with Crippen molar-refractivity contribution < 1.29 is 5.11 Å². The number of H-pyrrole nitrogens is 1. The Balaban J connectivity index is 1.52. The smallest absolute Gasteiger partial charge is 0.103 e. The van der Waals surface area contributed by atoms with Crippen molar-refractivity contribution in [1.82, 2.24) is 9.88 Å². The molecule has 2 N–H and O–H groups in total. The summed E-state index contributed by atoms with van der Waals surface area (Å²) in [6.45, 7) is 2.78. The topological polar surface area (TPSA) is 39.3 Å². The van der Waals surface area contributed by atoms with Gasteiger partial charge in [0, 0.05) is 30.2 Å². The molecule has 1 saturated heterocycles. The van der Waals surface area contributed by atoms with E-state index < -0.39 is 5.60 Å². The summed E-state index contributed by atoms with van der Waals surface area (Å²) >= 11 is 0. The van der Waals surface area contributed by atoms with E-state index in [2.05, 4.69) is 58.4 Å². The van der Waals surface area contributed by atoms with Crippen LogP contribution in [0.3, 0.4) is 0 Å². The van der Waals surface area contributed by atoms with Crippen molar-refractivity contribution in [2.24, 2.45) is 0 Å². The number of nitrogens with one attached hydrogen (secondary N) is 1. The third kappa shape index (κ3) is 2.97. The van der Waals surface area contributed by atoms with Gasteiger partial charge in [0.1, 0.15) is 5.60 Å². The van der Waals surface area contributed by atoms with Crippen LogP contribution in [-0.2, 0) is 12.0 Å². The third-order valence-electron chi connectivity index (χ3n) is 5.21. The summed E-state index contributed by atoms with van der Waals surface area (Å²) < 4.78 is 0. The molecule has 0 aliphatic carbocycles. The molecule has 3 nitrogen and oxygen atoms in total. The van der Waals surface area contributed by atoms with E-state index in [9.17, 15) is 5.11 Å². The Labute approximate surface area is 142 Å². The molecule has 2 aromatic carbocycles. The third-order valence-corrected chi connectivity index (χ3v) is 5.21. The minimum absolute atomic E-state index is 0.712. The summed E-state index contributed by atoms with van der Waals surface area (Å²) in [4.78, 5) is 5.65. The fourth-order valence-electron chi connectivity index (χ4n) is 3.96. The maximum absolute atomic E-state index is 11.4. The molecule has 2 heterocycles. The number of β-amino-alcohol motifs (C(OH)–C–C–N with tert-alkyl or cyclic N) is 1. The number of hydrogen-bond donors (Lipinski definition) is 2. The van der Waals surface area contributed by atoms with Gasteiger partial charge in [0.15, 0.2) is 0 Å². The van der Waals surface area contributed by atoms with Crippen molar-refractivity contribution in [3.8, 4) is 0 Å². The molecule has 0 amide bonds. The van der Waals surface area contributed by atoms with Gasteiger partial charge in [-0.2, -0.15) is 0 Å². The molecule has 1 fully saturated rings. The molecule has 1 aliphatic heterocycles. The summed E-state index contributed by atoms with van der Waals surface area (Å²) in [5.41, 5.74) is 2.77. The van der Waals surface area contributed by atoms with Gasteiger partial charge in [0.2, 0.25) is 0 Å². The Morgan fingerprint density at radius 1 is 1.04 bits per heavy atom. The van der Waals surface area contributed by atoms with Gasteiger partial charge in [-0.1, -0.05) is 42.5 Å². The first-order valence-corrected chi connectivity index (χ1v) is 8.80. The molecule has 1 aromatic heterocycles. The highest BCUT2D eigenvalue weighted by Crippen LogP contribution is 2.35. The molecule has 0 spiro atoms. The average Bonchev–Trinajstić information content (AvgIpc) is 3.09. The highest BCUT2D eigenvalue weighted by atomic mass is 16.3. The second kappa shape index (κ2) is 6.42. The summed E-state index contributed by atoms with van der Waals surface area (Å²) in [5, 5.41) is 12.5. The Hall–Kier alpha value is -2.10. The van der Waals surface area contributed by atoms with Crippen LogP contribution in [0, 0.1) is 0 Å². The first kappa shape index (κ1) is 15.4. The number of aromatic nitrogens is 1. The van der Waals surface area contributed by atoms with E-state index in [-0.39, 0.29) is 0 Å². The van der Waals surface area contributed by atoms with Gasteiger partial charge in [-0.15, -0.1) is 0 Å². The number of benzene rings is 2. The quantitative estimate of drug-likeness (QED) is 0.769. The van der Waals surface area contributed by atoms with E-state index in [1.54, 1.807) is 0 Å². The number of aliphatic hydroxyl groups is 1. The monoisotopic (exact) mass is 320 g/mol. The molecule has 24 heavy (non-hydrogen) atoms. The largest absolute Gasteiger partial charge is 0.384 e. The van der Waals surface area contributed by atoms with Crippen LogP contribution in [0.1, 0.15) is 24.0 Å². The lowest BCUT2D eigenvalue weighted by molar-refractivity contribution is -0.0340. The predicted molar refractivity (Wildman–Crippen MR) is 98.0 cm³/mol. The fraction of sp³-hybridized carbons (Fsp3) is 0.333. The maximum Gasteiger partial charge on any atom is 0.103 e. The number of aromatic amines is 1. The van der Waals surface area contributed by atoms with Gasteiger partial charge in [-0.05, 0) is 49.1 Å². The molecule has 1 atom stereocenters. The van der Waals surface area contributed by atoms with Crippen molar-refractivity contribution in [3.63, 3.8) is 0 Å². The molecular weight excluding hydrogens is 296 g/mol. The molecular formula is C21H24N2O. The lowest BCUT2D eigenvalue weighted by Gasteiger charge is -2.40. The standard InChI is InChI=1S/C21H24N2O/c24-21(19-8-4-9-20-18(19)10-13-22-20)12-5-14-23(16-21)15-11-17-6-2-1-3-7-17/h1-4,6-10,13,22,24H,5,11-12,14-16H2. The number of likely N-dealkylation sites (tertiary alicyclic amines) is 1. The first-order valence-electron chi connectivity index (χ1n) is 8.80. The molecule has 4 rings (SSSR count). The van der Waals surface area contributed by atoms with Crippen LogP contribution in [0.15, 0.2) is 60.8 Å². The van der Waals surface area contributed by atoms with Gasteiger partial charge < -0.3 is 10.1 Å². The van der Waals surface area contributed by atoms with E-state index >= 15 is 0 Å². The van der Waals surface area contributed by atoms with Gasteiger partial charge in [-0.3, -0.25) is 4.90 Å². The number of fused-ring (bicyclic) bond motifs is 1. The van der Waals surface area contributed by atoms with E-state index in [4.69, 9.17) is 0 Å². The highest BCUT2D eigenvalue weighted by Gasteiger charge is 2.35. The van der Waals surface area contributed by atoms with Crippen LogP contribution in [0.5, 0.6) is 0 Å². The summed E-state index contributed by atoms with van der Waals surface area (Å²) in [6.07, 6.45) is 4.85. The molecule has 1 aliphatic rings. The zero-order chi connectivity index (χ0) is 16.4. The Morgan fingerprint density at radius 2 is 1.92 bits per heavy atom. The van der Waals surface area contributed by atoms with Crippen LogP contribution < -0.4 is 0 Å². The summed E-state index contributed by atoms with van der Waals surface area (Å²) in [5.74, 6) is 0. The molecule has 124 valence electrons. The molecule has 0 saturated carbocycles. The van der Waals surface area contributed by atoms with Gasteiger partial charge in [0.25, 0.3) is 0 Å². The molecule has 0 radical (unpaired) electrons. The number of piperidine rings is 1. The highest BCUT2D eigenvalue weighted by molar-refractivity contribution is 5.83. The zero-order valence-electron chi connectivity index (χ0n) is 13.9. The minimum atomic E-state index is -0.753. The van der Waals surface area contributed by atoms with E-state index in [1.165, 1.54) is 5.56 Å². The summed E-state index contributed by atoms with van der Waals surface area (Å²) in [7, 11) is 0. The van der Waals surface area contributed by atoms with Crippen molar-refractivity contribution >= 4 is 10.9 Å². The molecule has 0 bridgehead atoms. The van der Waals surface area contributed by atoms with Crippen molar-refractivity contribution in [3.05, 3.63) is 71.9 Å². The summed E-state index contributed by atoms with van der Waals surface area (Å²) in [6, 6.07) is 18.9. The van der Waals surface area contributed by atoms with Gasteiger partial charge in [-0.25, -0.2) is 0 Å². The Morgan fingerprint density at radius 3 is 2.79 bits per heavy atom. The van der Waals surface area contributed by atoms with Crippen molar-refractivity contribution in [2.45, 2.75) is 24.9 Å². The molecule has 3 aromatic rings. The van der Waals surface area contributed by atoms with Crippen LogP contribution in [-0.4, -0.2) is 34.6 Å². The predicted octanol–water partition coefficient (Wildman–Crippen LogP) is 3.69. The Kier molecular flexibility index (Phi) is 4.13. The Bertz CT molecular complexity index is 811. The first-order chi connectivity index (χ1) is 11.7. The lowest BCUT2D eigenvalue weighted by atomic mass is 9.84. The van der Waals surface area contributed by atoms with E-state index in [0.29, 0.717) is 6.54 Å². The van der Waals surface area contributed by atoms with Crippen LogP contribution in [0.4, 0.5) is 0 Å². The van der Waals surface area contributed by atoms with Crippen LogP contribution in [0.2, 0.25) is 0 Å². The van der Waals surface area contributed by atoms with Gasteiger partial charge >= 0.3 is 0 Å². The minimum Gasteiger partial charge on any atom is -0.384 e. The van der Waals surface area contributed by atoms with Crippen LogP contribution >= 0.6 is 0 Å². The molecule has 3 heteroatoms. The van der Waals surface area contributed by atoms with E-state index in [0.717, 1.165) is 48.8 Å². The second-order valence-corrected chi connectivity index (χ2v) is 6.89.